The van der Waals surface area contributed by atoms with Gasteiger partial charge in [-0.15, -0.1) is 0 Å². The molecule has 0 aromatic heterocycles. The van der Waals surface area contributed by atoms with Crippen LogP contribution in [0.25, 0.3) is 0 Å². The predicted molar refractivity (Wildman–Crippen MR) is 78.8 cm³/mol. The molecule has 0 bridgehead atoms. The molecule has 0 heterocycles. The van der Waals surface area contributed by atoms with E-state index < -0.39 is 10.0 Å². The molecule has 0 spiro atoms. The zero-order valence-electron chi connectivity index (χ0n) is 12.3. The van der Waals surface area contributed by atoms with Crippen LogP contribution in [0.3, 0.4) is 0 Å². The van der Waals surface area contributed by atoms with Crippen LogP contribution in [0.4, 0.5) is 0 Å². The Bertz CT molecular complexity index is 593. The molecule has 1 aliphatic carbocycles. The van der Waals surface area contributed by atoms with Crippen LogP contribution in [0.15, 0.2) is 23.1 Å². The van der Waals surface area contributed by atoms with Crippen molar-refractivity contribution < 1.29 is 13.5 Å². The molecule has 1 unspecified atom stereocenters. The van der Waals surface area contributed by atoms with Crippen LogP contribution in [-0.2, 0) is 16.6 Å². The fourth-order valence-electron chi connectivity index (χ4n) is 2.85. The number of nitrogens with one attached hydrogen (secondary N) is 1. The van der Waals surface area contributed by atoms with Gasteiger partial charge in [0.15, 0.2) is 0 Å². The van der Waals surface area contributed by atoms with E-state index in [2.05, 4.69) is 18.6 Å². The molecule has 1 atom stereocenters. The largest absolute Gasteiger partial charge is 0.392 e. The Labute approximate surface area is 121 Å². The van der Waals surface area contributed by atoms with Crippen LogP contribution in [0.5, 0.6) is 0 Å². The van der Waals surface area contributed by atoms with Crippen molar-refractivity contribution in [2.75, 3.05) is 0 Å². The normalized spacial score (nSPS) is 22.1. The summed E-state index contributed by atoms with van der Waals surface area (Å²) >= 11 is 0. The highest BCUT2D eigenvalue weighted by Gasteiger charge is 2.33. The highest BCUT2D eigenvalue weighted by Crippen LogP contribution is 2.37. The van der Waals surface area contributed by atoms with E-state index in [1.807, 2.05) is 0 Å². The van der Waals surface area contributed by atoms with Crippen LogP contribution in [-0.4, -0.2) is 19.6 Å². The Morgan fingerprint density at radius 1 is 1.40 bits per heavy atom. The van der Waals surface area contributed by atoms with Crippen molar-refractivity contribution in [2.45, 2.75) is 57.6 Å². The first kappa shape index (κ1) is 15.5. The summed E-state index contributed by atoms with van der Waals surface area (Å²) in [5.41, 5.74) is 1.52. The summed E-state index contributed by atoms with van der Waals surface area (Å²) in [4.78, 5) is 0.272. The van der Waals surface area contributed by atoms with Gasteiger partial charge in [-0.3, -0.25) is 0 Å². The zero-order valence-corrected chi connectivity index (χ0v) is 13.1. The molecule has 5 heteroatoms. The molecule has 0 radical (unpaired) electrons. The van der Waals surface area contributed by atoms with E-state index >= 15 is 0 Å². The van der Waals surface area contributed by atoms with Crippen LogP contribution in [0.2, 0.25) is 0 Å². The first-order valence-electron chi connectivity index (χ1n) is 6.96. The fourth-order valence-corrected chi connectivity index (χ4v) is 4.42. The second-order valence-electron chi connectivity index (χ2n) is 6.48. The van der Waals surface area contributed by atoms with Gasteiger partial charge in [0.05, 0.1) is 11.5 Å². The number of aliphatic hydroxyl groups is 1. The quantitative estimate of drug-likeness (QED) is 0.896. The maximum absolute atomic E-state index is 12.5. The van der Waals surface area contributed by atoms with Gasteiger partial charge < -0.3 is 5.11 Å². The number of hydrogen-bond donors (Lipinski definition) is 2. The monoisotopic (exact) mass is 297 g/mol. The Kier molecular flexibility index (Phi) is 4.23. The topological polar surface area (TPSA) is 66.4 Å². The van der Waals surface area contributed by atoms with E-state index in [1.54, 1.807) is 25.1 Å². The number of hydrogen-bond acceptors (Lipinski definition) is 3. The summed E-state index contributed by atoms with van der Waals surface area (Å²) < 4.78 is 27.8. The van der Waals surface area contributed by atoms with E-state index in [-0.39, 0.29) is 23.0 Å². The molecule has 4 nitrogen and oxygen atoms in total. The highest BCUT2D eigenvalue weighted by atomic mass is 32.2. The fraction of sp³-hybridized carbons (Fsp3) is 0.600. The molecule has 0 amide bonds. The maximum Gasteiger partial charge on any atom is 0.241 e. The second kappa shape index (κ2) is 5.47. The zero-order chi connectivity index (χ0) is 15.0. The SMILES string of the molecule is Cc1ccc(CO)cc1S(=O)(=O)NC1CCC(C)(C)C1. The van der Waals surface area contributed by atoms with Gasteiger partial charge in [0.25, 0.3) is 0 Å². The Morgan fingerprint density at radius 3 is 2.65 bits per heavy atom. The maximum atomic E-state index is 12.5. The van der Waals surface area contributed by atoms with Gasteiger partial charge >= 0.3 is 0 Å². The van der Waals surface area contributed by atoms with Crippen molar-refractivity contribution in [3.05, 3.63) is 29.3 Å². The molecule has 2 rings (SSSR count). The minimum Gasteiger partial charge on any atom is -0.392 e. The van der Waals surface area contributed by atoms with E-state index in [0.29, 0.717) is 11.1 Å². The minimum absolute atomic E-state index is 0.00665. The number of benzene rings is 1. The summed E-state index contributed by atoms with van der Waals surface area (Å²) in [6, 6.07) is 5.04. The molecule has 1 aromatic rings. The first-order valence-corrected chi connectivity index (χ1v) is 8.44. The van der Waals surface area contributed by atoms with Crippen molar-refractivity contribution in [1.29, 1.82) is 0 Å². The van der Waals surface area contributed by atoms with E-state index in [1.165, 1.54) is 0 Å². The average molecular weight is 297 g/mol. The lowest BCUT2D eigenvalue weighted by molar-refractivity contribution is 0.281. The van der Waals surface area contributed by atoms with E-state index in [4.69, 9.17) is 5.11 Å². The van der Waals surface area contributed by atoms with Crippen molar-refractivity contribution in [3.63, 3.8) is 0 Å². The highest BCUT2D eigenvalue weighted by molar-refractivity contribution is 7.89. The van der Waals surface area contributed by atoms with Crippen LogP contribution in [0.1, 0.15) is 44.2 Å². The molecule has 1 aliphatic rings. The summed E-state index contributed by atoms with van der Waals surface area (Å²) in [6.07, 6.45) is 2.78. The number of sulfonamides is 1. The van der Waals surface area contributed by atoms with Gasteiger partial charge in [0.1, 0.15) is 0 Å². The van der Waals surface area contributed by atoms with Gasteiger partial charge in [0.2, 0.25) is 10.0 Å². The molecular formula is C15H23NO3S. The van der Waals surface area contributed by atoms with Crippen LogP contribution >= 0.6 is 0 Å². The third-order valence-corrected chi connectivity index (χ3v) is 5.68. The molecule has 0 aliphatic heterocycles. The van der Waals surface area contributed by atoms with Crippen LogP contribution < -0.4 is 4.72 Å². The van der Waals surface area contributed by atoms with Crippen LogP contribution in [0, 0.1) is 12.3 Å². The van der Waals surface area contributed by atoms with E-state index in [0.717, 1.165) is 19.3 Å². The minimum atomic E-state index is -3.52. The lowest BCUT2D eigenvalue weighted by Gasteiger charge is -2.18. The lowest BCUT2D eigenvalue weighted by Crippen LogP contribution is -2.34. The lowest BCUT2D eigenvalue weighted by atomic mass is 9.92. The molecule has 0 saturated heterocycles. The molecule has 112 valence electrons. The number of aliphatic hydroxyl groups excluding tert-OH is 1. The van der Waals surface area contributed by atoms with Crippen molar-refractivity contribution >= 4 is 10.0 Å². The Morgan fingerprint density at radius 2 is 2.10 bits per heavy atom. The standard InChI is InChI=1S/C15H23NO3S/c1-11-4-5-12(10-17)8-14(11)20(18,19)16-13-6-7-15(2,3)9-13/h4-5,8,13,16-17H,6-7,9-10H2,1-3H3. The van der Waals surface area contributed by atoms with Crippen molar-refractivity contribution in [2.24, 2.45) is 5.41 Å². The Hall–Kier alpha value is -0.910. The summed E-state index contributed by atoms with van der Waals surface area (Å²) in [6.45, 7) is 5.95. The van der Waals surface area contributed by atoms with Gasteiger partial charge in [-0.05, 0) is 48.8 Å². The summed E-state index contributed by atoms with van der Waals surface area (Å²) in [5.74, 6) is 0. The second-order valence-corrected chi connectivity index (χ2v) is 8.17. The number of rotatable bonds is 4. The molecule has 1 saturated carbocycles. The summed E-state index contributed by atoms with van der Waals surface area (Å²) in [5, 5.41) is 9.16. The summed E-state index contributed by atoms with van der Waals surface area (Å²) in [7, 11) is -3.52. The molecule has 1 fully saturated rings. The van der Waals surface area contributed by atoms with Gasteiger partial charge in [-0.25, -0.2) is 13.1 Å². The van der Waals surface area contributed by atoms with Gasteiger partial charge in [-0.1, -0.05) is 26.0 Å². The molecular weight excluding hydrogens is 274 g/mol. The predicted octanol–water partition coefficient (Wildman–Crippen LogP) is 2.34. The molecule has 20 heavy (non-hydrogen) atoms. The average Bonchev–Trinajstić information content (AvgIpc) is 2.68. The van der Waals surface area contributed by atoms with E-state index in [9.17, 15) is 8.42 Å². The third-order valence-electron chi connectivity index (χ3n) is 4.02. The number of aryl methyl sites for hydroxylation is 1. The smallest absolute Gasteiger partial charge is 0.241 e. The van der Waals surface area contributed by atoms with Gasteiger partial charge in [-0.2, -0.15) is 0 Å². The Balaban J connectivity index is 2.23. The van der Waals surface area contributed by atoms with Crippen molar-refractivity contribution in [3.8, 4) is 0 Å². The molecule has 2 N–H and O–H groups in total. The first-order chi connectivity index (χ1) is 9.23. The van der Waals surface area contributed by atoms with Crippen molar-refractivity contribution in [1.82, 2.24) is 4.72 Å². The van der Waals surface area contributed by atoms with Gasteiger partial charge in [0, 0.05) is 6.04 Å². The molecule has 1 aromatic carbocycles. The third kappa shape index (κ3) is 3.40.